The Labute approximate surface area is 181 Å². The number of hydrogen-bond donors (Lipinski definition) is 1. The standard InChI is InChI=1S/C25H50N2O2/c1-7-9-11-12-13-14-15-16-17-18-23(28)26(19-10-8-2)22-20-24(3,4)27(29)25(5,6)21-22/h22,29H,7-21H2,1-6H3. The summed E-state index contributed by atoms with van der Waals surface area (Å²) in [5, 5.41) is 12.1. The number of amides is 1. The van der Waals surface area contributed by atoms with Gasteiger partial charge in [-0.25, -0.2) is 0 Å². The maximum atomic E-state index is 13.1. The van der Waals surface area contributed by atoms with Crippen LogP contribution in [0.3, 0.4) is 0 Å². The topological polar surface area (TPSA) is 43.8 Å². The normalized spacial score (nSPS) is 19.4. The molecule has 0 bridgehead atoms. The zero-order valence-corrected chi connectivity index (χ0v) is 20.4. The molecule has 0 atom stereocenters. The summed E-state index contributed by atoms with van der Waals surface area (Å²) in [5.74, 6) is 0.324. The van der Waals surface area contributed by atoms with Crippen molar-refractivity contribution in [2.45, 2.75) is 149 Å². The third-order valence-electron chi connectivity index (χ3n) is 6.62. The van der Waals surface area contributed by atoms with Crippen molar-refractivity contribution in [2.75, 3.05) is 6.54 Å². The van der Waals surface area contributed by atoms with Gasteiger partial charge < -0.3 is 10.1 Å². The van der Waals surface area contributed by atoms with E-state index in [2.05, 4.69) is 46.4 Å². The first kappa shape index (κ1) is 26.4. The van der Waals surface area contributed by atoms with Crippen LogP contribution >= 0.6 is 0 Å². The van der Waals surface area contributed by atoms with Crippen LogP contribution in [0.25, 0.3) is 0 Å². The van der Waals surface area contributed by atoms with Gasteiger partial charge in [0, 0.05) is 30.1 Å². The molecule has 172 valence electrons. The molecule has 0 spiro atoms. The highest BCUT2D eigenvalue weighted by molar-refractivity contribution is 5.76. The van der Waals surface area contributed by atoms with Crippen LogP contribution < -0.4 is 0 Å². The fraction of sp³-hybridized carbons (Fsp3) is 0.960. The summed E-state index contributed by atoms with van der Waals surface area (Å²) in [6.45, 7) is 13.7. The van der Waals surface area contributed by atoms with E-state index in [4.69, 9.17) is 0 Å². The molecule has 1 fully saturated rings. The van der Waals surface area contributed by atoms with Crippen molar-refractivity contribution in [3.8, 4) is 0 Å². The van der Waals surface area contributed by atoms with Gasteiger partial charge in [-0.05, 0) is 53.4 Å². The van der Waals surface area contributed by atoms with E-state index in [0.29, 0.717) is 12.3 Å². The molecule has 1 aliphatic rings. The number of nitrogens with zero attached hydrogens (tertiary/aromatic N) is 2. The number of piperidine rings is 1. The van der Waals surface area contributed by atoms with Crippen molar-refractivity contribution in [3.05, 3.63) is 0 Å². The summed E-state index contributed by atoms with van der Waals surface area (Å²) in [7, 11) is 0. The molecule has 0 aliphatic carbocycles. The van der Waals surface area contributed by atoms with Gasteiger partial charge >= 0.3 is 0 Å². The molecule has 1 N–H and O–H groups in total. The average molecular weight is 411 g/mol. The molecule has 0 saturated carbocycles. The number of rotatable bonds is 14. The van der Waals surface area contributed by atoms with Gasteiger partial charge in [-0.1, -0.05) is 71.6 Å². The molecular weight excluding hydrogens is 360 g/mol. The second-order valence-electron chi connectivity index (χ2n) is 10.5. The number of hydrogen-bond acceptors (Lipinski definition) is 3. The van der Waals surface area contributed by atoms with Gasteiger partial charge in [-0.2, -0.15) is 5.06 Å². The lowest BCUT2D eigenvalue weighted by Crippen LogP contribution is -2.63. The second kappa shape index (κ2) is 12.9. The first-order valence-corrected chi connectivity index (χ1v) is 12.4. The molecule has 1 aliphatic heterocycles. The van der Waals surface area contributed by atoms with Crippen LogP contribution in [0.15, 0.2) is 0 Å². The van der Waals surface area contributed by atoms with E-state index in [1.807, 2.05) is 0 Å². The third kappa shape index (κ3) is 8.96. The molecule has 4 heteroatoms. The molecule has 1 amide bonds. The van der Waals surface area contributed by atoms with E-state index in [9.17, 15) is 10.0 Å². The third-order valence-corrected chi connectivity index (χ3v) is 6.62. The average Bonchev–Trinajstić information content (AvgIpc) is 2.64. The summed E-state index contributed by atoms with van der Waals surface area (Å²) in [4.78, 5) is 15.3. The van der Waals surface area contributed by atoms with Crippen LogP contribution in [-0.2, 0) is 4.79 Å². The largest absolute Gasteiger partial charge is 0.340 e. The minimum atomic E-state index is -0.311. The molecule has 0 aromatic heterocycles. The van der Waals surface area contributed by atoms with Crippen LogP contribution in [0, 0.1) is 0 Å². The Kier molecular flexibility index (Phi) is 11.8. The quantitative estimate of drug-likeness (QED) is 0.315. The Balaban J connectivity index is 2.50. The molecule has 4 nitrogen and oxygen atoms in total. The maximum absolute atomic E-state index is 13.1. The monoisotopic (exact) mass is 410 g/mol. The van der Waals surface area contributed by atoms with Crippen LogP contribution in [0.5, 0.6) is 0 Å². The van der Waals surface area contributed by atoms with Gasteiger partial charge in [0.25, 0.3) is 0 Å². The van der Waals surface area contributed by atoms with Gasteiger partial charge in [0.05, 0.1) is 0 Å². The van der Waals surface area contributed by atoms with Crippen molar-refractivity contribution in [2.24, 2.45) is 0 Å². The first-order chi connectivity index (χ1) is 13.7. The highest BCUT2D eigenvalue weighted by Crippen LogP contribution is 2.39. The van der Waals surface area contributed by atoms with E-state index in [-0.39, 0.29) is 17.1 Å². The molecule has 1 rings (SSSR count). The number of unbranched alkanes of at least 4 members (excludes halogenated alkanes) is 9. The van der Waals surface area contributed by atoms with E-state index in [0.717, 1.165) is 38.6 Å². The second-order valence-corrected chi connectivity index (χ2v) is 10.5. The fourth-order valence-corrected chi connectivity index (χ4v) is 5.01. The molecule has 0 radical (unpaired) electrons. The Morgan fingerprint density at radius 3 is 1.76 bits per heavy atom. The van der Waals surface area contributed by atoms with Gasteiger partial charge in [0.15, 0.2) is 0 Å². The zero-order chi connectivity index (χ0) is 21.9. The predicted molar refractivity (Wildman–Crippen MR) is 123 cm³/mol. The molecule has 29 heavy (non-hydrogen) atoms. The van der Waals surface area contributed by atoms with E-state index >= 15 is 0 Å². The molecule has 0 unspecified atom stereocenters. The summed E-state index contributed by atoms with van der Waals surface area (Å²) >= 11 is 0. The Morgan fingerprint density at radius 2 is 1.28 bits per heavy atom. The molecule has 0 aromatic rings. The fourth-order valence-electron chi connectivity index (χ4n) is 5.01. The van der Waals surface area contributed by atoms with Crippen LogP contribution in [0.4, 0.5) is 0 Å². The van der Waals surface area contributed by atoms with Crippen LogP contribution in [0.1, 0.15) is 131 Å². The Morgan fingerprint density at radius 1 is 0.828 bits per heavy atom. The SMILES string of the molecule is CCCCCCCCCCCC(=O)N(CCCC)C1CC(C)(C)N(O)C(C)(C)C1. The van der Waals surface area contributed by atoms with E-state index in [1.54, 1.807) is 0 Å². The van der Waals surface area contributed by atoms with Crippen molar-refractivity contribution in [3.63, 3.8) is 0 Å². The van der Waals surface area contributed by atoms with Crippen molar-refractivity contribution >= 4 is 5.91 Å². The first-order valence-electron chi connectivity index (χ1n) is 12.4. The van der Waals surface area contributed by atoms with Gasteiger partial charge in [0.1, 0.15) is 0 Å². The van der Waals surface area contributed by atoms with Gasteiger partial charge in [0.2, 0.25) is 5.91 Å². The lowest BCUT2D eigenvalue weighted by Gasteiger charge is -2.53. The number of carbonyl (C=O) groups is 1. The minimum Gasteiger partial charge on any atom is -0.340 e. The highest BCUT2D eigenvalue weighted by atomic mass is 16.5. The number of hydroxylamine groups is 2. The minimum absolute atomic E-state index is 0.223. The van der Waals surface area contributed by atoms with E-state index in [1.165, 1.54) is 56.4 Å². The molecular formula is C25H50N2O2. The molecule has 1 heterocycles. The molecule has 1 saturated heterocycles. The maximum Gasteiger partial charge on any atom is 0.222 e. The summed E-state index contributed by atoms with van der Waals surface area (Å²) in [6, 6.07) is 0.223. The van der Waals surface area contributed by atoms with Crippen molar-refractivity contribution < 1.29 is 10.0 Å². The molecule has 0 aromatic carbocycles. The summed E-state index contributed by atoms with van der Waals surface area (Å²) in [5.41, 5.74) is -0.621. The van der Waals surface area contributed by atoms with Gasteiger partial charge in [-0.15, -0.1) is 0 Å². The Bertz CT molecular complexity index is 444. The van der Waals surface area contributed by atoms with Crippen molar-refractivity contribution in [1.82, 2.24) is 9.96 Å². The number of carbonyl (C=O) groups excluding carboxylic acids is 1. The zero-order valence-electron chi connectivity index (χ0n) is 20.4. The Hall–Kier alpha value is -0.610. The van der Waals surface area contributed by atoms with Crippen LogP contribution in [-0.4, -0.2) is 44.7 Å². The summed E-state index contributed by atoms with van der Waals surface area (Å²) < 4.78 is 0. The van der Waals surface area contributed by atoms with Crippen LogP contribution in [0.2, 0.25) is 0 Å². The van der Waals surface area contributed by atoms with Crippen molar-refractivity contribution in [1.29, 1.82) is 0 Å². The smallest absolute Gasteiger partial charge is 0.222 e. The summed E-state index contributed by atoms with van der Waals surface area (Å²) in [6.07, 6.45) is 16.0. The van der Waals surface area contributed by atoms with E-state index < -0.39 is 0 Å². The lowest BCUT2D eigenvalue weighted by atomic mass is 9.78. The van der Waals surface area contributed by atoms with Gasteiger partial charge in [-0.3, -0.25) is 4.79 Å². The predicted octanol–water partition coefficient (Wildman–Crippen LogP) is 6.95. The highest BCUT2D eigenvalue weighted by Gasteiger charge is 2.47. The lowest BCUT2D eigenvalue weighted by molar-refractivity contribution is -0.251.